The zero-order chi connectivity index (χ0) is 21.3. The molecule has 0 spiro atoms. The third-order valence-electron chi connectivity index (χ3n) is 5.01. The fraction of sp³-hybridized carbons (Fsp3) is 0.348. The first-order valence-corrected chi connectivity index (χ1v) is 10.0. The summed E-state index contributed by atoms with van der Waals surface area (Å²) in [7, 11) is 1.61. The number of nitrogens with zero attached hydrogens (tertiary/aromatic N) is 4. The molecule has 1 aliphatic rings. The summed E-state index contributed by atoms with van der Waals surface area (Å²) in [4.78, 5) is 21.9. The first-order chi connectivity index (χ1) is 14.6. The monoisotopic (exact) mass is 405 g/mol. The number of aryl methyl sites for hydroxylation is 1. The maximum atomic E-state index is 12.9. The summed E-state index contributed by atoms with van der Waals surface area (Å²) in [6.45, 7) is 5.81. The molecule has 1 amide bonds. The van der Waals surface area contributed by atoms with Crippen molar-refractivity contribution < 1.29 is 9.53 Å². The van der Waals surface area contributed by atoms with Crippen LogP contribution in [-0.4, -0.2) is 61.5 Å². The van der Waals surface area contributed by atoms with Gasteiger partial charge in [-0.1, -0.05) is 23.8 Å². The Hall–Kier alpha value is -3.37. The van der Waals surface area contributed by atoms with Gasteiger partial charge in [0.25, 0.3) is 5.91 Å². The van der Waals surface area contributed by atoms with E-state index in [1.165, 1.54) is 0 Å². The number of carbonyl (C=O) groups is 1. The number of piperazine rings is 1. The molecule has 7 nitrogen and oxygen atoms in total. The Morgan fingerprint density at radius 1 is 1.17 bits per heavy atom. The Bertz CT molecular complexity index is 943. The topological polar surface area (TPSA) is 81.0 Å². The summed E-state index contributed by atoms with van der Waals surface area (Å²) in [6, 6.07) is 17.1. The van der Waals surface area contributed by atoms with Gasteiger partial charge in [0, 0.05) is 50.8 Å². The highest BCUT2D eigenvalue weighted by Gasteiger charge is 2.21. The number of hydrogen-bond acceptors (Lipinski definition) is 5. The lowest BCUT2D eigenvalue weighted by Crippen LogP contribution is -2.53. The summed E-state index contributed by atoms with van der Waals surface area (Å²) in [5, 5.41) is 11.8. The number of ether oxygens (including phenoxy) is 1. The number of aliphatic imine (C=N–C) groups is 1. The first-order valence-electron chi connectivity index (χ1n) is 10.0. The molecule has 30 heavy (non-hydrogen) atoms. The van der Waals surface area contributed by atoms with E-state index in [-0.39, 0.29) is 5.91 Å². The van der Waals surface area contributed by atoms with Crippen molar-refractivity contribution in [1.82, 2.24) is 15.1 Å². The average Bonchev–Trinajstić information content (AvgIpc) is 2.77. The van der Waals surface area contributed by atoms with Gasteiger partial charge in [-0.3, -0.25) is 15.0 Å². The zero-order valence-corrected chi connectivity index (χ0v) is 17.5. The zero-order valence-electron chi connectivity index (χ0n) is 17.5. The minimum absolute atomic E-state index is 0.188. The predicted molar refractivity (Wildman–Crippen MR) is 117 cm³/mol. The van der Waals surface area contributed by atoms with Gasteiger partial charge in [-0.25, -0.2) is 4.99 Å². The minimum atomic E-state index is -0.188. The molecule has 2 aromatic carbocycles. The average molecular weight is 406 g/mol. The molecule has 1 heterocycles. The maximum absolute atomic E-state index is 12.9. The smallest absolute Gasteiger partial charge is 0.257 e. The molecule has 1 N–H and O–H groups in total. The molecule has 0 atom stereocenters. The van der Waals surface area contributed by atoms with E-state index in [4.69, 9.17) is 15.0 Å². The molecule has 0 aliphatic carbocycles. The van der Waals surface area contributed by atoms with Crippen molar-refractivity contribution in [3.8, 4) is 11.8 Å². The van der Waals surface area contributed by atoms with E-state index in [0.29, 0.717) is 29.4 Å². The summed E-state index contributed by atoms with van der Waals surface area (Å²) in [5.41, 5.74) is 2.34. The molecular weight excluding hydrogens is 378 g/mol. The summed E-state index contributed by atoms with van der Waals surface area (Å²) in [6.07, 6.45) is 0.523. The highest BCUT2D eigenvalue weighted by molar-refractivity contribution is 6.06. The van der Waals surface area contributed by atoms with Crippen LogP contribution in [0.5, 0.6) is 5.75 Å². The van der Waals surface area contributed by atoms with Crippen LogP contribution >= 0.6 is 0 Å². The van der Waals surface area contributed by atoms with Gasteiger partial charge in [0.15, 0.2) is 0 Å². The van der Waals surface area contributed by atoms with Gasteiger partial charge in [-0.05, 0) is 31.2 Å². The Kier molecular flexibility index (Phi) is 7.41. The quantitative estimate of drug-likeness (QED) is 0.611. The molecule has 1 aliphatic heterocycles. The SMILES string of the molecule is COc1cccc(N=C(NC(=O)c2cccc(C)c2)N2CCN(CCC#N)CC2)c1. The van der Waals surface area contributed by atoms with E-state index >= 15 is 0 Å². The molecule has 0 radical (unpaired) electrons. The largest absolute Gasteiger partial charge is 0.497 e. The summed E-state index contributed by atoms with van der Waals surface area (Å²) >= 11 is 0. The number of amides is 1. The van der Waals surface area contributed by atoms with Crippen molar-refractivity contribution in [3.05, 3.63) is 59.7 Å². The van der Waals surface area contributed by atoms with Crippen LogP contribution in [0.1, 0.15) is 22.3 Å². The van der Waals surface area contributed by atoms with Crippen LogP contribution in [0.2, 0.25) is 0 Å². The number of rotatable bonds is 5. The van der Waals surface area contributed by atoms with Gasteiger partial charge < -0.3 is 9.64 Å². The van der Waals surface area contributed by atoms with Crippen LogP contribution < -0.4 is 10.1 Å². The number of benzene rings is 2. The number of carbonyl (C=O) groups excluding carboxylic acids is 1. The minimum Gasteiger partial charge on any atom is -0.497 e. The molecule has 0 bridgehead atoms. The van der Waals surface area contributed by atoms with Crippen LogP contribution in [0.25, 0.3) is 0 Å². The highest BCUT2D eigenvalue weighted by atomic mass is 16.5. The Labute approximate surface area is 177 Å². The number of nitrogens with one attached hydrogen (secondary N) is 1. The van der Waals surface area contributed by atoms with Crippen LogP contribution in [0.4, 0.5) is 5.69 Å². The van der Waals surface area contributed by atoms with Crippen molar-refractivity contribution >= 4 is 17.6 Å². The van der Waals surface area contributed by atoms with Crippen molar-refractivity contribution in [2.45, 2.75) is 13.3 Å². The van der Waals surface area contributed by atoms with Crippen molar-refractivity contribution in [2.75, 3.05) is 39.8 Å². The Balaban J connectivity index is 1.81. The molecule has 3 rings (SSSR count). The van der Waals surface area contributed by atoms with Crippen molar-refractivity contribution in [3.63, 3.8) is 0 Å². The number of guanidine groups is 1. The van der Waals surface area contributed by atoms with E-state index in [0.717, 1.165) is 38.3 Å². The van der Waals surface area contributed by atoms with E-state index in [9.17, 15) is 4.79 Å². The third kappa shape index (κ3) is 5.82. The van der Waals surface area contributed by atoms with Crippen LogP contribution in [0.15, 0.2) is 53.5 Å². The predicted octanol–water partition coefficient (Wildman–Crippen LogP) is 2.95. The molecule has 0 unspecified atom stereocenters. The summed E-state index contributed by atoms with van der Waals surface area (Å²) in [5.74, 6) is 1.05. The fourth-order valence-corrected chi connectivity index (χ4v) is 3.33. The van der Waals surface area contributed by atoms with Gasteiger partial charge in [-0.15, -0.1) is 0 Å². The molecule has 1 fully saturated rings. The lowest BCUT2D eigenvalue weighted by Gasteiger charge is -2.36. The second kappa shape index (κ2) is 10.4. The Morgan fingerprint density at radius 2 is 1.93 bits per heavy atom. The van der Waals surface area contributed by atoms with Gasteiger partial charge >= 0.3 is 0 Å². The number of methoxy groups -OCH3 is 1. The highest BCUT2D eigenvalue weighted by Crippen LogP contribution is 2.20. The van der Waals surface area contributed by atoms with Crippen LogP contribution in [0, 0.1) is 18.3 Å². The van der Waals surface area contributed by atoms with Crippen molar-refractivity contribution in [1.29, 1.82) is 5.26 Å². The fourth-order valence-electron chi connectivity index (χ4n) is 3.33. The van der Waals surface area contributed by atoms with Crippen LogP contribution in [-0.2, 0) is 0 Å². The second-order valence-corrected chi connectivity index (χ2v) is 7.20. The lowest BCUT2D eigenvalue weighted by molar-refractivity contribution is 0.0968. The maximum Gasteiger partial charge on any atom is 0.257 e. The first kappa shape index (κ1) is 21.3. The normalized spacial score (nSPS) is 14.8. The lowest BCUT2D eigenvalue weighted by atomic mass is 10.1. The molecule has 0 aromatic heterocycles. The standard InChI is InChI=1S/C23H27N5O2/c1-18-6-3-7-19(16-18)22(29)26-23(25-20-8-4-9-21(17-20)30-2)28-14-12-27(13-15-28)11-5-10-24/h3-4,6-9,16-17H,5,11-15H2,1-2H3,(H,25,26,29). The number of hydrogen-bond donors (Lipinski definition) is 1. The van der Waals surface area contributed by atoms with E-state index in [1.807, 2.05) is 49.4 Å². The van der Waals surface area contributed by atoms with Gasteiger partial charge in [0.2, 0.25) is 5.96 Å². The molecule has 156 valence electrons. The van der Waals surface area contributed by atoms with E-state index in [1.54, 1.807) is 13.2 Å². The molecular formula is C23H27N5O2. The second-order valence-electron chi connectivity index (χ2n) is 7.20. The van der Waals surface area contributed by atoms with Gasteiger partial charge in [0.1, 0.15) is 5.75 Å². The third-order valence-corrected chi connectivity index (χ3v) is 5.01. The van der Waals surface area contributed by atoms with E-state index < -0.39 is 0 Å². The molecule has 1 saturated heterocycles. The molecule has 7 heteroatoms. The van der Waals surface area contributed by atoms with E-state index in [2.05, 4.69) is 21.2 Å². The van der Waals surface area contributed by atoms with Crippen LogP contribution in [0.3, 0.4) is 0 Å². The van der Waals surface area contributed by atoms with Crippen molar-refractivity contribution in [2.24, 2.45) is 4.99 Å². The van der Waals surface area contributed by atoms with Gasteiger partial charge in [-0.2, -0.15) is 5.26 Å². The summed E-state index contributed by atoms with van der Waals surface area (Å²) < 4.78 is 5.29. The Morgan fingerprint density at radius 3 is 2.63 bits per heavy atom. The molecule has 2 aromatic rings. The molecule has 0 saturated carbocycles. The number of nitriles is 1. The van der Waals surface area contributed by atoms with Gasteiger partial charge in [0.05, 0.1) is 18.9 Å².